The first kappa shape index (κ1) is 46.9. The lowest BCUT2D eigenvalue weighted by molar-refractivity contribution is -0.132. The fourth-order valence-electron chi connectivity index (χ4n) is 6.41. The number of hydrogen-bond acceptors (Lipinski definition) is 9. The summed E-state index contributed by atoms with van der Waals surface area (Å²) in [6.45, 7) is 9.43. The van der Waals surface area contributed by atoms with Crippen LogP contribution in [0.5, 0.6) is 17.2 Å². The second-order valence-corrected chi connectivity index (χ2v) is 18.5. The van der Waals surface area contributed by atoms with Crippen molar-refractivity contribution in [3.05, 3.63) is 84.4 Å². The molecule has 0 saturated carbocycles. The molecule has 0 aromatic heterocycles. The highest BCUT2D eigenvalue weighted by Gasteiger charge is 2.46. The highest BCUT2D eigenvalue weighted by molar-refractivity contribution is 7.93. The fraction of sp³-hybridized carbons (Fsp3) is 0.442. The zero-order valence-corrected chi connectivity index (χ0v) is 35.6. The molecule has 1 unspecified atom stereocenters. The Labute approximate surface area is 345 Å². The molecule has 16 heteroatoms. The molecule has 4 aromatic carbocycles. The molecule has 0 radical (unpaired) electrons. The molecule has 0 bridgehead atoms. The average molecular weight is 863 g/mol. The van der Waals surface area contributed by atoms with Crippen LogP contribution >= 0.6 is 0 Å². The lowest BCUT2D eigenvalue weighted by Crippen LogP contribution is -2.33. The Bertz CT molecular complexity index is 2270. The number of carbonyl (C=O) groups is 2. The Kier molecular flexibility index (Phi) is 16.2. The predicted molar refractivity (Wildman–Crippen MR) is 223 cm³/mol. The molecule has 4 rings (SSSR count). The number of anilines is 2. The molecule has 0 aliphatic heterocycles. The maximum Gasteiger partial charge on any atom is 0.516 e. The number of benzene rings is 4. The lowest BCUT2D eigenvalue weighted by Gasteiger charge is -2.24. The lowest BCUT2D eigenvalue weighted by atomic mass is 9.86. The minimum absolute atomic E-state index is 0.0807. The van der Waals surface area contributed by atoms with E-state index in [9.17, 15) is 39.6 Å². The van der Waals surface area contributed by atoms with Gasteiger partial charge >= 0.3 is 31.6 Å². The fourth-order valence-corrected chi connectivity index (χ4v) is 8.13. The van der Waals surface area contributed by atoms with Gasteiger partial charge in [0.2, 0.25) is 0 Å². The van der Waals surface area contributed by atoms with E-state index in [1.165, 1.54) is 98.7 Å². The summed E-state index contributed by atoms with van der Waals surface area (Å²) in [6, 6.07) is 17.9. The highest BCUT2D eigenvalue weighted by Crippen LogP contribution is 2.36. The van der Waals surface area contributed by atoms with Crippen molar-refractivity contribution in [1.29, 1.82) is 0 Å². The van der Waals surface area contributed by atoms with Gasteiger partial charge < -0.3 is 19.0 Å². The number of ether oxygens (including phenoxy) is 2. The van der Waals surface area contributed by atoms with Gasteiger partial charge in [-0.2, -0.15) is 30.0 Å². The molecule has 1 amide bonds. The minimum Gasteiger partial charge on any atom is -0.481 e. The van der Waals surface area contributed by atoms with Crippen LogP contribution in [-0.4, -0.2) is 40.3 Å². The van der Waals surface area contributed by atoms with Gasteiger partial charge in [0.05, 0.1) is 5.69 Å². The second-order valence-electron chi connectivity index (χ2n) is 15.3. The Morgan fingerprint density at radius 2 is 1.31 bits per heavy atom. The van der Waals surface area contributed by atoms with Gasteiger partial charge in [-0.1, -0.05) is 110 Å². The summed E-state index contributed by atoms with van der Waals surface area (Å²) in [5, 5.41) is 2.65. The number of rotatable bonds is 21. The average Bonchev–Trinajstić information content (AvgIpc) is 3.15. The molecular weight excluding hydrogens is 810 g/mol. The largest absolute Gasteiger partial charge is 0.516 e. The van der Waals surface area contributed by atoms with Crippen LogP contribution in [0.1, 0.15) is 111 Å². The first-order valence-electron chi connectivity index (χ1n) is 19.7. The van der Waals surface area contributed by atoms with Gasteiger partial charge in [0.15, 0.2) is 6.10 Å². The van der Waals surface area contributed by atoms with Crippen LogP contribution in [0.25, 0.3) is 10.8 Å². The van der Waals surface area contributed by atoms with Crippen LogP contribution in [0.15, 0.2) is 83.8 Å². The maximum absolute atomic E-state index is 13.8. The van der Waals surface area contributed by atoms with Crippen LogP contribution in [0.3, 0.4) is 0 Å². The van der Waals surface area contributed by atoms with E-state index in [-0.39, 0.29) is 16.5 Å². The van der Waals surface area contributed by atoms with Crippen molar-refractivity contribution in [3.63, 3.8) is 0 Å². The van der Waals surface area contributed by atoms with Crippen molar-refractivity contribution in [2.75, 3.05) is 10.0 Å². The minimum atomic E-state index is -5.78. The molecule has 0 spiro atoms. The van der Waals surface area contributed by atoms with Gasteiger partial charge in [-0.15, -0.1) is 0 Å². The third kappa shape index (κ3) is 13.6. The smallest absolute Gasteiger partial charge is 0.481 e. The van der Waals surface area contributed by atoms with E-state index in [1.807, 2.05) is 20.8 Å². The summed E-state index contributed by atoms with van der Waals surface area (Å²) in [7, 11) is -10.4. The molecule has 0 fully saturated rings. The Balaban J connectivity index is 1.49. The highest BCUT2D eigenvalue weighted by atomic mass is 32.2. The van der Waals surface area contributed by atoms with E-state index in [1.54, 1.807) is 18.2 Å². The standard InChI is InChI=1S/C43H53F3N2O9S2/c1-6-7-8-9-10-11-12-13-14-15-20-39(56-33-25-27-38(55-30(2)49)36(29-33)42(3,4)5)41(50)47-31-21-23-32(24-22-31)57-58(51,52)40-28-26-37(34-18-16-17-19-35(34)40)48-59(53,54)43(44,45)46/h16-19,21-29,39,48H,6-15,20H2,1-5H3,(H,47,50). The zero-order valence-electron chi connectivity index (χ0n) is 34.0. The quantitative estimate of drug-likeness (QED) is 0.0360. The van der Waals surface area contributed by atoms with Gasteiger partial charge in [0.1, 0.15) is 22.1 Å². The van der Waals surface area contributed by atoms with E-state index in [0.29, 0.717) is 23.6 Å². The van der Waals surface area contributed by atoms with E-state index < -0.39 is 59.6 Å². The van der Waals surface area contributed by atoms with E-state index >= 15 is 0 Å². The Morgan fingerprint density at radius 3 is 1.88 bits per heavy atom. The van der Waals surface area contributed by atoms with E-state index in [2.05, 4.69) is 12.2 Å². The molecule has 0 aliphatic carbocycles. The third-order valence-electron chi connectivity index (χ3n) is 9.43. The number of carbonyl (C=O) groups excluding carboxylic acids is 2. The SMILES string of the molecule is CCCCCCCCCCCCC(Oc1ccc(OC(C)=O)c(C(C)(C)C)c1)C(=O)Nc1ccc(OS(=O)(=O)c2ccc(NS(=O)(=O)C(F)(F)F)c3ccccc23)cc1. The first-order valence-corrected chi connectivity index (χ1v) is 22.6. The summed E-state index contributed by atoms with van der Waals surface area (Å²) in [5.74, 6) is -0.203. The van der Waals surface area contributed by atoms with Crippen LogP contribution in [0.4, 0.5) is 24.5 Å². The summed E-state index contributed by atoms with van der Waals surface area (Å²) < 4.78 is 108. The topological polar surface area (TPSA) is 154 Å². The van der Waals surface area contributed by atoms with E-state index in [0.717, 1.165) is 43.4 Å². The van der Waals surface area contributed by atoms with Gasteiger partial charge in [-0.05, 0) is 72.9 Å². The normalized spacial score (nSPS) is 12.8. The number of amides is 1. The number of sulfonamides is 1. The Morgan fingerprint density at radius 1 is 0.729 bits per heavy atom. The van der Waals surface area contributed by atoms with Crippen molar-refractivity contribution in [1.82, 2.24) is 0 Å². The maximum atomic E-state index is 13.8. The molecule has 0 saturated heterocycles. The van der Waals surface area contributed by atoms with Gasteiger partial charge in [0.25, 0.3) is 5.91 Å². The monoisotopic (exact) mass is 862 g/mol. The Hall–Kier alpha value is -4.83. The summed E-state index contributed by atoms with van der Waals surface area (Å²) >= 11 is 0. The molecule has 59 heavy (non-hydrogen) atoms. The number of esters is 1. The molecule has 322 valence electrons. The molecule has 0 aliphatic rings. The number of alkyl halides is 3. The van der Waals surface area contributed by atoms with Crippen LogP contribution in [0, 0.1) is 0 Å². The van der Waals surface area contributed by atoms with Crippen LogP contribution < -0.4 is 23.7 Å². The molecule has 1 atom stereocenters. The second kappa shape index (κ2) is 20.4. The number of unbranched alkanes of at least 4 members (excludes halogenated alkanes) is 9. The number of halogens is 3. The molecule has 11 nitrogen and oxygen atoms in total. The van der Waals surface area contributed by atoms with E-state index in [4.69, 9.17) is 13.7 Å². The molecular formula is C43H53F3N2O9S2. The molecule has 4 aromatic rings. The van der Waals surface area contributed by atoms with Crippen molar-refractivity contribution in [2.24, 2.45) is 0 Å². The van der Waals surface area contributed by atoms with Crippen molar-refractivity contribution >= 4 is 54.2 Å². The predicted octanol–water partition coefficient (Wildman–Crippen LogP) is 10.8. The molecule has 2 N–H and O–H groups in total. The summed E-state index contributed by atoms with van der Waals surface area (Å²) in [5.41, 5.74) is -5.43. The van der Waals surface area contributed by atoms with Crippen molar-refractivity contribution < 1.29 is 53.3 Å². The molecule has 0 heterocycles. The van der Waals surface area contributed by atoms with Gasteiger partial charge in [-0.3, -0.25) is 14.3 Å². The van der Waals surface area contributed by atoms with Crippen LogP contribution in [0.2, 0.25) is 0 Å². The zero-order chi connectivity index (χ0) is 43.4. The van der Waals surface area contributed by atoms with Crippen molar-refractivity contribution in [2.45, 2.75) is 127 Å². The third-order valence-corrected chi connectivity index (χ3v) is 11.8. The summed E-state index contributed by atoms with van der Waals surface area (Å²) in [6.07, 6.45) is 10.7. The summed E-state index contributed by atoms with van der Waals surface area (Å²) in [4.78, 5) is 25.1. The number of hydrogen-bond donors (Lipinski definition) is 2. The number of nitrogens with one attached hydrogen (secondary N) is 2. The number of fused-ring (bicyclic) bond motifs is 1. The van der Waals surface area contributed by atoms with Crippen molar-refractivity contribution in [3.8, 4) is 17.2 Å². The van der Waals surface area contributed by atoms with Gasteiger partial charge in [0, 0.05) is 28.9 Å². The van der Waals surface area contributed by atoms with Crippen LogP contribution in [-0.2, 0) is 35.1 Å². The first-order chi connectivity index (χ1) is 27.7. The van der Waals surface area contributed by atoms with Gasteiger partial charge in [-0.25, -0.2) is 0 Å².